The first-order chi connectivity index (χ1) is 11.4. The normalized spacial score (nSPS) is 16.3. The van der Waals surface area contributed by atoms with Crippen molar-refractivity contribution in [2.45, 2.75) is 4.21 Å². The van der Waals surface area contributed by atoms with Gasteiger partial charge in [-0.05, 0) is 24.3 Å². The van der Waals surface area contributed by atoms with Gasteiger partial charge in [0.05, 0.1) is 14.9 Å². The molecule has 3 rings (SSSR count). The van der Waals surface area contributed by atoms with Crippen LogP contribution in [0.2, 0.25) is 9.36 Å². The predicted molar refractivity (Wildman–Crippen MR) is 95.4 cm³/mol. The third kappa shape index (κ3) is 3.45. The lowest BCUT2D eigenvalue weighted by molar-refractivity contribution is 0.0698. The molecule has 0 spiro atoms. The molecule has 1 aliphatic heterocycles. The second-order valence-electron chi connectivity index (χ2n) is 5.23. The van der Waals surface area contributed by atoms with Gasteiger partial charge in [-0.25, -0.2) is 8.42 Å². The summed E-state index contributed by atoms with van der Waals surface area (Å²) >= 11 is 12.9. The summed E-state index contributed by atoms with van der Waals surface area (Å²) in [6.45, 7) is 1.13. The lowest BCUT2D eigenvalue weighted by Gasteiger charge is -2.33. The number of hydrogen-bond donors (Lipinski definition) is 0. The van der Waals surface area contributed by atoms with Gasteiger partial charge in [0.15, 0.2) is 0 Å². The van der Waals surface area contributed by atoms with Gasteiger partial charge in [-0.1, -0.05) is 35.3 Å². The summed E-state index contributed by atoms with van der Waals surface area (Å²) in [6.07, 6.45) is 0. The number of sulfonamides is 1. The van der Waals surface area contributed by atoms with Crippen molar-refractivity contribution in [3.8, 4) is 0 Å². The molecule has 0 N–H and O–H groups in total. The maximum atomic E-state index is 12.6. The minimum absolute atomic E-state index is 0.184. The highest BCUT2D eigenvalue weighted by atomic mass is 35.5. The van der Waals surface area contributed by atoms with Gasteiger partial charge in [-0.3, -0.25) is 4.79 Å². The minimum atomic E-state index is -3.56. The monoisotopic (exact) mass is 404 g/mol. The Morgan fingerprint density at radius 2 is 1.67 bits per heavy atom. The molecule has 1 aliphatic rings. The van der Waals surface area contributed by atoms with Crippen molar-refractivity contribution in [3.63, 3.8) is 0 Å². The van der Waals surface area contributed by atoms with Gasteiger partial charge in [0.25, 0.3) is 15.9 Å². The number of benzene rings is 1. The number of halogens is 2. The van der Waals surface area contributed by atoms with Crippen LogP contribution in [0.4, 0.5) is 0 Å². The van der Waals surface area contributed by atoms with E-state index >= 15 is 0 Å². The number of carbonyl (C=O) groups excluding carboxylic acids is 1. The lowest BCUT2D eigenvalue weighted by atomic mass is 10.2. The van der Waals surface area contributed by atoms with Gasteiger partial charge in [-0.15, -0.1) is 11.3 Å². The molecule has 0 bridgehead atoms. The zero-order chi connectivity index (χ0) is 17.3. The first kappa shape index (κ1) is 17.7. The smallest absolute Gasteiger partial charge is 0.255 e. The third-order valence-corrected chi connectivity index (χ3v) is 7.70. The zero-order valence-electron chi connectivity index (χ0n) is 12.5. The number of carbonyl (C=O) groups is 1. The summed E-state index contributed by atoms with van der Waals surface area (Å²) in [7, 11) is -3.56. The van der Waals surface area contributed by atoms with Crippen LogP contribution in [0.1, 0.15) is 10.4 Å². The molecule has 24 heavy (non-hydrogen) atoms. The molecule has 1 saturated heterocycles. The Hall–Kier alpha value is -1.12. The number of hydrogen-bond acceptors (Lipinski definition) is 4. The molecule has 1 amide bonds. The number of nitrogens with zero attached hydrogens (tertiary/aromatic N) is 2. The van der Waals surface area contributed by atoms with Crippen LogP contribution in [-0.2, 0) is 10.0 Å². The van der Waals surface area contributed by atoms with Crippen LogP contribution in [-0.4, -0.2) is 49.7 Å². The minimum Gasteiger partial charge on any atom is -0.336 e. The van der Waals surface area contributed by atoms with Crippen LogP contribution in [0.5, 0.6) is 0 Å². The fraction of sp³-hybridized carbons (Fsp3) is 0.267. The van der Waals surface area contributed by atoms with Gasteiger partial charge >= 0.3 is 0 Å². The van der Waals surface area contributed by atoms with E-state index in [0.717, 1.165) is 11.3 Å². The average Bonchev–Trinajstić information content (AvgIpc) is 3.02. The highest BCUT2D eigenvalue weighted by Gasteiger charge is 2.31. The van der Waals surface area contributed by atoms with E-state index in [9.17, 15) is 13.2 Å². The van der Waals surface area contributed by atoms with Gasteiger partial charge < -0.3 is 4.90 Å². The van der Waals surface area contributed by atoms with Crippen LogP contribution in [0, 0.1) is 0 Å². The topological polar surface area (TPSA) is 57.7 Å². The van der Waals surface area contributed by atoms with E-state index in [1.807, 2.05) is 0 Å². The Morgan fingerprint density at radius 3 is 2.25 bits per heavy atom. The second-order valence-corrected chi connectivity index (χ2v) is 9.52. The molecule has 128 valence electrons. The van der Waals surface area contributed by atoms with Crippen molar-refractivity contribution in [1.29, 1.82) is 0 Å². The highest BCUT2D eigenvalue weighted by molar-refractivity contribution is 7.91. The van der Waals surface area contributed by atoms with Gasteiger partial charge in [0.2, 0.25) is 0 Å². The Morgan fingerprint density at radius 1 is 1.00 bits per heavy atom. The van der Waals surface area contributed by atoms with Crippen molar-refractivity contribution >= 4 is 50.5 Å². The van der Waals surface area contributed by atoms with Crippen LogP contribution >= 0.6 is 34.5 Å². The Labute approximate surface area is 154 Å². The summed E-state index contributed by atoms with van der Waals surface area (Å²) in [6, 6.07) is 9.91. The fourth-order valence-electron chi connectivity index (χ4n) is 2.50. The molecule has 1 fully saturated rings. The SMILES string of the molecule is O=C(c1ccccc1Cl)N1CCN(S(=O)(=O)c2ccc(Cl)s2)CC1. The molecule has 0 unspecified atom stereocenters. The fourth-order valence-corrected chi connectivity index (χ4v) is 5.78. The van der Waals surface area contributed by atoms with E-state index in [0.29, 0.717) is 28.0 Å². The quantitative estimate of drug-likeness (QED) is 0.788. The van der Waals surface area contributed by atoms with Crippen molar-refractivity contribution in [2.75, 3.05) is 26.2 Å². The van der Waals surface area contributed by atoms with Gasteiger partial charge in [-0.2, -0.15) is 4.31 Å². The van der Waals surface area contributed by atoms with Crippen LogP contribution < -0.4 is 0 Å². The van der Waals surface area contributed by atoms with E-state index < -0.39 is 10.0 Å². The third-order valence-electron chi connectivity index (χ3n) is 3.77. The number of thiophene rings is 1. The van der Waals surface area contributed by atoms with Crippen LogP contribution in [0.3, 0.4) is 0 Å². The summed E-state index contributed by atoms with van der Waals surface area (Å²) in [5, 5.41) is 0.394. The average molecular weight is 405 g/mol. The van der Waals surface area contributed by atoms with Crippen molar-refractivity contribution < 1.29 is 13.2 Å². The van der Waals surface area contributed by atoms with Crippen LogP contribution in [0.25, 0.3) is 0 Å². The molecule has 1 aromatic heterocycles. The summed E-state index contributed by atoms with van der Waals surface area (Å²) < 4.78 is 27.1. The molecular weight excluding hydrogens is 391 g/mol. The maximum Gasteiger partial charge on any atom is 0.255 e. The summed E-state index contributed by atoms with van der Waals surface area (Å²) in [5.41, 5.74) is 0.431. The number of amides is 1. The molecule has 2 heterocycles. The largest absolute Gasteiger partial charge is 0.336 e. The van der Waals surface area contributed by atoms with E-state index in [2.05, 4.69) is 0 Å². The standard InChI is InChI=1S/C15H14Cl2N2O3S2/c16-12-4-2-1-3-11(12)15(20)18-7-9-19(10-8-18)24(21,22)14-6-5-13(17)23-14/h1-6H,7-10H2. The molecular formula is C15H14Cl2N2O3S2. The van der Waals surface area contributed by atoms with Gasteiger partial charge in [0, 0.05) is 26.2 Å². The molecule has 9 heteroatoms. The molecule has 5 nitrogen and oxygen atoms in total. The number of piperazine rings is 1. The first-order valence-electron chi connectivity index (χ1n) is 7.19. The van der Waals surface area contributed by atoms with Crippen molar-refractivity contribution in [1.82, 2.24) is 9.21 Å². The maximum absolute atomic E-state index is 12.6. The molecule has 1 aromatic carbocycles. The Kier molecular flexibility index (Phi) is 5.17. The predicted octanol–water partition coefficient (Wildman–Crippen LogP) is 3.20. The van der Waals surface area contributed by atoms with Crippen molar-refractivity contribution in [3.05, 3.63) is 51.3 Å². The van der Waals surface area contributed by atoms with E-state index in [-0.39, 0.29) is 23.2 Å². The molecule has 0 atom stereocenters. The lowest BCUT2D eigenvalue weighted by Crippen LogP contribution is -2.50. The molecule has 0 saturated carbocycles. The van der Waals surface area contributed by atoms with E-state index in [4.69, 9.17) is 23.2 Å². The van der Waals surface area contributed by atoms with E-state index in [1.54, 1.807) is 35.2 Å². The number of rotatable bonds is 3. The summed E-state index contributed by atoms with van der Waals surface area (Å²) in [4.78, 5) is 14.1. The molecule has 0 aliphatic carbocycles. The second kappa shape index (κ2) is 7.01. The summed E-state index contributed by atoms with van der Waals surface area (Å²) in [5.74, 6) is -0.184. The van der Waals surface area contributed by atoms with Gasteiger partial charge in [0.1, 0.15) is 4.21 Å². The Bertz CT molecular complexity index is 859. The van der Waals surface area contributed by atoms with Crippen molar-refractivity contribution in [2.24, 2.45) is 0 Å². The zero-order valence-corrected chi connectivity index (χ0v) is 15.6. The molecule has 2 aromatic rings. The molecule has 0 radical (unpaired) electrons. The highest BCUT2D eigenvalue weighted by Crippen LogP contribution is 2.29. The van der Waals surface area contributed by atoms with Crippen LogP contribution in [0.15, 0.2) is 40.6 Å². The van der Waals surface area contributed by atoms with E-state index in [1.165, 1.54) is 10.4 Å². The Balaban J connectivity index is 1.70. The first-order valence-corrected chi connectivity index (χ1v) is 10.2.